The zero-order valence-corrected chi connectivity index (χ0v) is 11.7. The van der Waals surface area contributed by atoms with E-state index < -0.39 is 0 Å². The minimum Gasteiger partial charge on any atom is -0.388 e. The molecule has 0 fully saturated rings. The molecule has 5 nitrogen and oxygen atoms in total. The third-order valence-corrected chi connectivity index (χ3v) is 3.50. The molecule has 0 saturated heterocycles. The number of aromatic nitrogens is 3. The van der Waals surface area contributed by atoms with Gasteiger partial charge in [0.25, 0.3) is 0 Å². The maximum atomic E-state index is 5.57. The number of hydrogen-bond acceptors (Lipinski definition) is 6. The summed E-state index contributed by atoms with van der Waals surface area (Å²) in [6.45, 7) is 4.51. The molecule has 0 amide bonds. The number of hydrogen-bond donors (Lipinski definition) is 2. The van der Waals surface area contributed by atoms with Crippen LogP contribution < -0.4 is 11.1 Å². The molecule has 0 aliphatic carbocycles. The number of nitrogens with two attached hydrogens (primary N) is 1. The highest BCUT2D eigenvalue weighted by Gasteiger charge is 2.06. The van der Waals surface area contributed by atoms with Gasteiger partial charge in [-0.2, -0.15) is 0 Å². The van der Waals surface area contributed by atoms with Crippen LogP contribution in [0.25, 0.3) is 0 Å². The van der Waals surface area contributed by atoms with Crippen LogP contribution in [-0.2, 0) is 6.54 Å². The maximum Gasteiger partial charge on any atom is 0.223 e. The van der Waals surface area contributed by atoms with Gasteiger partial charge in [-0.15, -0.1) is 11.3 Å². The van der Waals surface area contributed by atoms with Gasteiger partial charge in [0.1, 0.15) is 10.7 Å². The number of nitrogens with one attached hydrogen (secondary N) is 1. The topological polar surface area (TPSA) is 76.7 Å². The Morgan fingerprint density at radius 3 is 2.83 bits per heavy atom. The summed E-state index contributed by atoms with van der Waals surface area (Å²) in [7, 11) is 0. The second-order valence-electron chi connectivity index (χ2n) is 3.80. The molecule has 18 heavy (non-hydrogen) atoms. The monoisotopic (exact) mass is 279 g/mol. The molecule has 0 spiro atoms. The highest BCUT2D eigenvalue weighted by molar-refractivity contribution is 7.80. The van der Waals surface area contributed by atoms with Crippen molar-refractivity contribution in [1.29, 1.82) is 0 Å². The van der Waals surface area contributed by atoms with Gasteiger partial charge in [-0.1, -0.05) is 12.2 Å². The van der Waals surface area contributed by atoms with Crippen LogP contribution in [-0.4, -0.2) is 19.9 Å². The van der Waals surface area contributed by atoms with E-state index in [1.54, 1.807) is 17.4 Å². The SMILES string of the molecule is Cc1cc(C(N)=S)nc(NCc2scnc2C)n1. The smallest absolute Gasteiger partial charge is 0.223 e. The molecule has 2 aromatic heterocycles. The molecular formula is C11H13N5S2. The van der Waals surface area contributed by atoms with Crippen LogP contribution in [0.3, 0.4) is 0 Å². The molecule has 0 aromatic carbocycles. The van der Waals surface area contributed by atoms with Crippen molar-refractivity contribution in [2.45, 2.75) is 20.4 Å². The highest BCUT2D eigenvalue weighted by atomic mass is 32.1. The Hall–Kier alpha value is -1.60. The number of thiocarbonyl (C=S) groups is 1. The van der Waals surface area contributed by atoms with Crippen LogP contribution in [0.15, 0.2) is 11.6 Å². The molecule has 2 heterocycles. The number of anilines is 1. The largest absolute Gasteiger partial charge is 0.388 e. The van der Waals surface area contributed by atoms with Crippen molar-refractivity contribution in [1.82, 2.24) is 15.0 Å². The average Bonchev–Trinajstić information content (AvgIpc) is 2.71. The van der Waals surface area contributed by atoms with E-state index in [1.807, 2.05) is 19.4 Å². The standard InChI is InChI=1S/C11H13N5S2/c1-6-3-8(10(12)17)16-11(15-6)13-4-9-7(2)14-5-18-9/h3,5H,4H2,1-2H3,(H2,12,17)(H,13,15,16). The van der Waals surface area contributed by atoms with Gasteiger partial charge in [0.15, 0.2) is 0 Å². The Kier molecular flexibility index (Phi) is 3.83. The average molecular weight is 279 g/mol. The van der Waals surface area contributed by atoms with Crippen LogP contribution in [0.4, 0.5) is 5.95 Å². The van der Waals surface area contributed by atoms with Gasteiger partial charge >= 0.3 is 0 Å². The molecule has 0 radical (unpaired) electrons. The van der Waals surface area contributed by atoms with Crippen molar-refractivity contribution in [2.24, 2.45) is 5.73 Å². The Morgan fingerprint density at radius 2 is 2.22 bits per heavy atom. The van der Waals surface area contributed by atoms with Crippen LogP contribution in [0.2, 0.25) is 0 Å². The van der Waals surface area contributed by atoms with Crippen molar-refractivity contribution >= 4 is 34.5 Å². The van der Waals surface area contributed by atoms with Crippen LogP contribution in [0.5, 0.6) is 0 Å². The van der Waals surface area contributed by atoms with Gasteiger partial charge in [0, 0.05) is 10.6 Å². The minimum absolute atomic E-state index is 0.275. The molecule has 2 rings (SSSR count). The second kappa shape index (κ2) is 5.36. The molecule has 0 unspecified atom stereocenters. The lowest BCUT2D eigenvalue weighted by molar-refractivity contribution is 1.02. The number of aryl methyl sites for hydroxylation is 2. The summed E-state index contributed by atoms with van der Waals surface area (Å²) < 4.78 is 0. The van der Waals surface area contributed by atoms with Crippen molar-refractivity contribution < 1.29 is 0 Å². The molecule has 0 aliphatic rings. The second-order valence-corrected chi connectivity index (χ2v) is 5.18. The fourth-order valence-electron chi connectivity index (χ4n) is 1.43. The third kappa shape index (κ3) is 2.99. The molecule has 2 aromatic rings. The molecule has 0 bridgehead atoms. The molecule has 0 saturated carbocycles. The van der Waals surface area contributed by atoms with E-state index in [1.165, 1.54) is 0 Å². The first-order valence-electron chi connectivity index (χ1n) is 5.34. The Balaban J connectivity index is 2.14. The van der Waals surface area contributed by atoms with Gasteiger partial charge in [0.05, 0.1) is 17.7 Å². The quantitative estimate of drug-likeness (QED) is 0.831. The molecule has 7 heteroatoms. The van der Waals surface area contributed by atoms with Crippen LogP contribution in [0, 0.1) is 13.8 Å². The fourth-order valence-corrected chi connectivity index (χ4v) is 2.25. The van der Waals surface area contributed by atoms with Gasteiger partial charge in [-0.25, -0.2) is 15.0 Å². The first-order valence-corrected chi connectivity index (χ1v) is 6.63. The van der Waals surface area contributed by atoms with E-state index >= 15 is 0 Å². The molecule has 0 atom stereocenters. The fraction of sp³-hybridized carbons (Fsp3) is 0.273. The van der Waals surface area contributed by atoms with Crippen LogP contribution in [0.1, 0.15) is 22.0 Å². The summed E-state index contributed by atoms with van der Waals surface area (Å²) in [5, 5.41) is 3.16. The van der Waals surface area contributed by atoms with E-state index in [9.17, 15) is 0 Å². The Bertz CT molecular complexity index is 579. The normalized spacial score (nSPS) is 10.3. The predicted octanol–water partition coefficient (Wildman–Crippen LogP) is 1.80. The number of rotatable bonds is 4. The summed E-state index contributed by atoms with van der Waals surface area (Å²) in [4.78, 5) is 14.2. The van der Waals surface area contributed by atoms with Crippen LogP contribution >= 0.6 is 23.6 Å². The van der Waals surface area contributed by atoms with E-state index in [4.69, 9.17) is 18.0 Å². The maximum absolute atomic E-state index is 5.57. The van der Waals surface area contributed by atoms with Crippen molar-refractivity contribution in [3.8, 4) is 0 Å². The van der Waals surface area contributed by atoms with Crippen molar-refractivity contribution in [3.63, 3.8) is 0 Å². The molecule has 3 N–H and O–H groups in total. The lowest BCUT2D eigenvalue weighted by Crippen LogP contribution is -2.14. The molecule has 94 valence electrons. The van der Waals surface area contributed by atoms with Gasteiger partial charge in [-0.3, -0.25) is 0 Å². The number of thiazole rings is 1. The summed E-state index contributed by atoms with van der Waals surface area (Å²) in [5.74, 6) is 0.533. The first kappa shape index (κ1) is 12.8. The zero-order chi connectivity index (χ0) is 13.1. The van der Waals surface area contributed by atoms with Gasteiger partial charge in [0.2, 0.25) is 5.95 Å². The summed E-state index contributed by atoms with van der Waals surface area (Å²) in [6, 6.07) is 1.77. The summed E-state index contributed by atoms with van der Waals surface area (Å²) in [6.07, 6.45) is 0. The van der Waals surface area contributed by atoms with Crippen molar-refractivity contribution in [2.75, 3.05) is 5.32 Å². The van der Waals surface area contributed by atoms with E-state index in [2.05, 4.69) is 20.3 Å². The first-order chi connectivity index (χ1) is 8.56. The summed E-state index contributed by atoms with van der Waals surface area (Å²) >= 11 is 6.52. The summed E-state index contributed by atoms with van der Waals surface area (Å²) in [5.41, 5.74) is 9.83. The Labute approximate surface area is 114 Å². The van der Waals surface area contributed by atoms with Gasteiger partial charge < -0.3 is 11.1 Å². The predicted molar refractivity (Wildman–Crippen MR) is 76.8 cm³/mol. The molecular weight excluding hydrogens is 266 g/mol. The van der Waals surface area contributed by atoms with E-state index in [0.29, 0.717) is 18.2 Å². The number of nitrogens with zero attached hydrogens (tertiary/aromatic N) is 3. The third-order valence-electron chi connectivity index (χ3n) is 2.36. The lowest BCUT2D eigenvalue weighted by Gasteiger charge is -2.06. The zero-order valence-electron chi connectivity index (χ0n) is 10.1. The lowest BCUT2D eigenvalue weighted by atomic mass is 10.3. The van der Waals surface area contributed by atoms with E-state index in [0.717, 1.165) is 16.3 Å². The minimum atomic E-state index is 0.275. The van der Waals surface area contributed by atoms with E-state index in [-0.39, 0.29) is 4.99 Å². The Morgan fingerprint density at radius 1 is 1.44 bits per heavy atom. The van der Waals surface area contributed by atoms with Gasteiger partial charge in [-0.05, 0) is 19.9 Å². The molecule has 0 aliphatic heterocycles. The van der Waals surface area contributed by atoms with Crippen molar-refractivity contribution in [3.05, 3.63) is 33.5 Å². The highest BCUT2D eigenvalue weighted by Crippen LogP contribution is 2.14.